The Morgan fingerprint density at radius 3 is 2.91 bits per heavy atom. The Balaban J connectivity index is 1.77. The fraction of sp³-hybridized carbons (Fsp3) is 0.611. The zero-order valence-corrected chi connectivity index (χ0v) is 13.5. The normalized spacial score (nSPS) is 20.5. The van der Waals surface area contributed by atoms with Crippen molar-refractivity contribution in [3.05, 3.63) is 35.9 Å². The highest BCUT2D eigenvalue weighted by Crippen LogP contribution is 2.20. The summed E-state index contributed by atoms with van der Waals surface area (Å²) in [5.41, 5.74) is 0.973. The first-order valence-corrected chi connectivity index (χ1v) is 8.41. The van der Waals surface area contributed by atoms with Crippen molar-refractivity contribution >= 4 is 5.91 Å². The van der Waals surface area contributed by atoms with E-state index in [1.54, 1.807) is 0 Å². The van der Waals surface area contributed by atoms with Gasteiger partial charge in [0.15, 0.2) is 0 Å². The van der Waals surface area contributed by atoms with Crippen molar-refractivity contribution < 1.29 is 9.90 Å². The van der Waals surface area contributed by atoms with E-state index in [0.29, 0.717) is 18.9 Å². The number of likely N-dealkylation sites (tertiary alicyclic amines) is 1. The van der Waals surface area contributed by atoms with Gasteiger partial charge in [0.2, 0.25) is 5.91 Å². The van der Waals surface area contributed by atoms with Crippen molar-refractivity contribution in [3.8, 4) is 0 Å². The number of rotatable bonds is 7. The Kier molecular flexibility index (Phi) is 6.87. The van der Waals surface area contributed by atoms with Crippen LogP contribution in [-0.2, 0) is 4.79 Å². The van der Waals surface area contributed by atoms with Gasteiger partial charge in [0.25, 0.3) is 0 Å². The van der Waals surface area contributed by atoms with Crippen LogP contribution in [0.25, 0.3) is 0 Å². The molecule has 0 aromatic heterocycles. The molecule has 2 N–H and O–H groups in total. The van der Waals surface area contributed by atoms with E-state index in [1.165, 1.54) is 0 Å². The van der Waals surface area contributed by atoms with Gasteiger partial charge in [-0.15, -0.1) is 0 Å². The molecule has 4 heteroatoms. The van der Waals surface area contributed by atoms with E-state index in [4.69, 9.17) is 0 Å². The minimum Gasteiger partial charge on any atom is -0.387 e. The zero-order valence-electron chi connectivity index (χ0n) is 13.5. The highest BCUT2D eigenvalue weighted by molar-refractivity contribution is 5.75. The molecule has 1 fully saturated rings. The predicted octanol–water partition coefficient (Wildman–Crippen LogP) is 2.35. The molecule has 2 rings (SSSR count). The van der Waals surface area contributed by atoms with Crippen LogP contribution >= 0.6 is 0 Å². The number of nitrogens with zero attached hydrogens (tertiary/aromatic N) is 1. The largest absolute Gasteiger partial charge is 0.387 e. The second kappa shape index (κ2) is 8.91. The number of hydrogen-bond donors (Lipinski definition) is 2. The third kappa shape index (κ3) is 5.43. The summed E-state index contributed by atoms with van der Waals surface area (Å²) in [4.78, 5) is 13.9. The molecule has 1 aliphatic heterocycles. The number of nitrogens with one attached hydrogen (secondary N) is 1. The first kappa shape index (κ1) is 17.0. The Hall–Kier alpha value is -1.39. The molecule has 0 bridgehead atoms. The average Bonchev–Trinajstić information content (AvgIpc) is 2.54. The number of benzene rings is 1. The maximum atomic E-state index is 11.6. The third-order valence-electron chi connectivity index (χ3n) is 4.28. The van der Waals surface area contributed by atoms with Crippen LogP contribution in [0.3, 0.4) is 0 Å². The van der Waals surface area contributed by atoms with E-state index in [0.717, 1.165) is 44.5 Å². The number of aliphatic hydroxyl groups is 1. The average molecular weight is 304 g/mol. The lowest BCUT2D eigenvalue weighted by Crippen LogP contribution is -2.42. The molecule has 1 aliphatic rings. The van der Waals surface area contributed by atoms with Crippen molar-refractivity contribution in [1.29, 1.82) is 0 Å². The van der Waals surface area contributed by atoms with Crippen LogP contribution in [0, 0.1) is 5.92 Å². The highest BCUT2D eigenvalue weighted by atomic mass is 16.3. The van der Waals surface area contributed by atoms with Crippen LogP contribution in [0.2, 0.25) is 0 Å². The molecule has 0 saturated carbocycles. The van der Waals surface area contributed by atoms with E-state index < -0.39 is 6.10 Å². The number of piperidine rings is 1. The molecule has 2 unspecified atom stereocenters. The summed E-state index contributed by atoms with van der Waals surface area (Å²) in [5, 5.41) is 13.4. The van der Waals surface area contributed by atoms with Crippen LogP contribution in [0.5, 0.6) is 0 Å². The van der Waals surface area contributed by atoms with Crippen molar-refractivity contribution in [2.45, 2.75) is 38.7 Å². The van der Waals surface area contributed by atoms with E-state index in [1.807, 2.05) is 37.3 Å². The number of aliphatic hydroxyl groups excluding tert-OH is 1. The van der Waals surface area contributed by atoms with Crippen molar-refractivity contribution in [2.24, 2.45) is 5.92 Å². The second-order valence-corrected chi connectivity index (χ2v) is 6.25. The van der Waals surface area contributed by atoms with Crippen LogP contribution in [-0.4, -0.2) is 42.1 Å². The minimum atomic E-state index is -0.436. The zero-order chi connectivity index (χ0) is 15.8. The molecule has 1 amide bonds. The molecule has 2 atom stereocenters. The lowest BCUT2D eigenvalue weighted by Gasteiger charge is -2.34. The van der Waals surface area contributed by atoms with E-state index in [-0.39, 0.29) is 5.91 Å². The Bertz CT molecular complexity index is 450. The van der Waals surface area contributed by atoms with Crippen molar-refractivity contribution in [2.75, 3.05) is 26.2 Å². The summed E-state index contributed by atoms with van der Waals surface area (Å²) in [6.07, 6.45) is 3.37. The summed E-state index contributed by atoms with van der Waals surface area (Å²) >= 11 is 0. The van der Waals surface area contributed by atoms with Gasteiger partial charge < -0.3 is 15.3 Å². The van der Waals surface area contributed by atoms with Gasteiger partial charge in [0.05, 0.1) is 6.10 Å². The first-order valence-electron chi connectivity index (χ1n) is 8.41. The van der Waals surface area contributed by atoms with E-state index >= 15 is 0 Å². The van der Waals surface area contributed by atoms with E-state index in [9.17, 15) is 9.90 Å². The molecule has 1 aromatic rings. The van der Waals surface area contributed by atoms with Gasteiger partial charge >= 0.3 is 0 Å². The van der Waals surface area contributed by atoms with Gasteiger partial charge in [0.1, 0.15) is 0 Å². The smallest absolute Gasteiger partial charge is 0.219 e. The monoisotopic (exact) mass is 304 g/mol. The Morgan fingerprint density at radius 2 is 2.18 bits per heavy atom. The lowest BCUT2D eigenvalue weighted by atomic mass is 9.97. The summed E-state index contributed by atoms with van der Waals surface area (Å²) < 4.78 is 0. The van der Waals surface area contributed by atoms with Crippen LogP contribution in [0.15, 0.2) is 30.3 Å². The number of β-amino-alcohol motifs (C(OH)–C–C–N with tert-alkyl or cyclic N) is 1. The van der Waals surface area contributed by atoms with Crippen LogP contribution < -0.4 is 5.32 Å². The Labute approximate surface area is 133 Å². The number of hydrogen-bond acceptors (Lipinski definition) is 3. The van der Waals surface area contributed by atoms with Gasteiger partial charge in [0, 0.05) is 26.1 Å². The van der Waals surface area contributed by atoms with Crippen molar-refractivity contribution in [3.63, 3.8) is 0 Å². The molecule has 1 aromatic carbocycles. The Morgan fingerprint density at radius 1 is 1.41 bits per heavy atom. The number of amides is 1. The molecule has 0 spiro atoms. The minimum absolute atomic E-state index is 0.156. The molecule has 1 heterocycles. The van der Waals surface area contributed by atoms with Gasteiger partial charge in [-0.2, -0.15) is 0 Å². The third-order valence-corrected chi connectivity index (χ3v) is 4.28. The summed E-state index contributed by atoms with van der Waals surface area (Å²) in [6.45, 7) is 5.44. The van der Waals surface area contributed by atoms with Crippen LogP contribution in [0.4, 0.5) is 0 Å². The van der Waals surface area contributed by atoms with Gasteiger partial charge in [-0.3, -0.25) is 4.79 Å². The fourth-order valence-electron chi connectivity index (χ4n) is 3.08. The topological polar surface area (TPSA) is 52.6 Å². The molecule has 0 radical (unpaired) electrons. The molecular formula is C18H28N2O2. The molecule has 122 valence electrons. The molecule has 4 nitrogen and oxygen atoms in total. The number of carbonyl (C=O) groups is 1. The molecule has 22 heavy (non-hydrogen) atoms. The first-order chi connectivity index (χ1) is 10.7. The summed E-state index contributed by atoms with van der Waals surface area (Å²) in [5.74, 6) is 0.654. The molecule has 1 saturated heterocycles. The second-order valence-electron chi connectivity index (χ2n) is 6.25. The van der Waals surface area contributed by atoms with E-state index in [2.05, 4.69) is 10.2 Å². The standard InChI is InChI=1S/C18H28N2O2/c1-2-7-18(22)19-12-15-8-6-11-20(13-15)14-17(21)16-9-4-3-5-10-16/h3-5,9-10,15,17,21H,2,6-8,11-14H2,1H3,(H,19,22). The van der Waals surface area contributed by atoms with Crippen LogP contribution in [0.1, 0.15) is 44.3 Å². The SMILES string of the molecule is CCCC(=O)NCC1CCCN(CC(O)c2ccccc2)C1. The quantitative estimate of drug-likeness (QED) is 0.813. The summed E-state index contributed by atoms with van der Waals surface area (Å²) in [6, 6.07) is 9.82. The number of carbonyl (C=O) groups excluding carboxylic acids is 1. The fourth-order valence-corrected chi connectivity index (χ4v) is 3.08. The van der Waals surface area contributed by atoms with Crippen molar-refractivity contribution in [1.82, 2.24) is 10.2 Å². The summed E-state index contributed by atoms with van der Waals surface area (Å²) in [7, 11) is 0. The van der Waals surface area contributed by atoms with Gasteiger partial charge in [-0.1, -0.05) is 37.3 Å². The van der Waals surface area contributed by atoms with Gasteiger partial charge in [-0.05, 0) is 37.3 Å². The molecular weight excluding hydrogens is 276 g/mol. The maximum absolute atomic E-state index is 11.6. The maximum Gasteiger partial charge on any atom is 0.219 e. The highest BCUT2D eigenvalue weighted by Gasteiger charge is 2.22. The predicted molar refractivity (Wildman–Crippen MR) is 88.5 cm³/mol. The lowest BCUT2D eigenvalue weighted by molar-refractivity contribution is -0.121. The van der Waals surface area contributed by atoms with Gasteiger partial charge in [-0.25, -0.2) is 0 Å². The molecule has 0 aliphatic carbocycles.